The molecule has 1 rings (SSSR count). The van der Waals surface area contributed by atoms with Gasteiger partial charge in [0.05, 0.1) is 12.0 Å². The summed E-state index contributed by atoms with van der Waals surface area (Å²) in [6, 6.07) is 0.346. The van der Waals surface area contributed by atoms with Gasteiger partial charge >= 0.3 is 0 Å². The van der Waals surface area contributed by atoms with E-state index in [9.17, 15) is 9.90 Å². The zero-order chi connectivity index (χ0) is 10.6. The molecule has 0 heterocycles. The van der Waals surface area contributed by atoms with E-state index in [4.69, 9.17) is 0 Å². The maximum absolute atomic E-state index is 11.5. The van der Waals surface area contributed by atoms with Gasteiger partial charge in [-0.1, -0.05) is 19.3 Å². The highest BCUT2D eigenvalue weighted by Crippen LogP contribution is 2.18. The van der Waals surface area contributed by atoms with Gasteiger partial charge in [0.2, 0.25) is 5.91 Å². The van der Waals surface area contributed by atoms with Crippen LogP contribution in [0, 0.1) is 0 Å². The van der Waals surface area contributed by atoms with E-state index >= 15 is 0 Å². The van der Waals surface area contributed by atoms with Crippen molar-refractivity contribution in [2.75, 3.05) is 0 Å². The van der Waals surface area contributed by atoms with Gasteiger partial charge in [0.25, 0.3) is 0 Å². The Labute approximate surface area is 85.9 Å². The molecule has 14 heavy (non-hydrogen) atoms. The molecule has 1 aliphatic carbocycles. The van der Waals surface area contributed by atoms with Crippen LogP contribution in [0.4, 0.5) is 0 Å². The summed E-state index contributed by atoms with van der Waals surface area (Å²) in [6.45, 7) is 3.32. The number of nitrogens with one attached hydrogen (secondary N) is 1. The molecule has 1 saturated carbocycles. The molecular weight excluding hydrogens is 178 g/mol. The summed E-state index contributed by atoms with van der Waals surface area (Å²) in [5.74, 6) is -0.0237. The molecule has 0 saturated heterocycles. The standard InChI is InChI=1S/C11H21NO2/c1-11(2,14)8-10(13)12-9-6-4-3-5-7-9/h9,14H,3-8H2,1-2H3,(H,12,13). The number of aliphatic hydroxyl groups is 1. The fourth-order valence-corrected chi connectivity index (χ4v) is 1.92. The quantitative estimate of drug-likeness (QED) is 0.725. The number of rotatable bonds is 3. The first-order valence-corrected chi connectivity index (χ1v) is 5.49. The molecule has 0 atom stereocenters. The third-order valence-corrected chi connectivity index (χ3v) is 2.56. The van der Waals surface area contributed by atoms with Crippen LogP contribution in [-0.2, 0) is 4.79 Å². The van der Waals surface area contributed by atoms with E-state index in [-0.39, 0.29) is 12.3 Å². The molecule has 1 aliphatic rings. The minimum Gasteiger partial charge on any atom is -0.390 e. The van der Waals surface area contributed by atoms with Crippen LogP contribution in [-0.4, -0.2) is 22.7 Å². The lowest BCUT2D eigenvalue weighted by atomic mass is 9.95. The SMILES string of the molecule is CC(C)(O)CC(=O)NC1CCCCC1. The summed E-state index contributed by atoms with van der Waals surface area (Å²) in [5.41, 5.74) is -0.890. The third kappa shape index (κ3) is 4.61. The monoisotopic (exact) mass is 199 g/mol. The Kier molecular flexibility index (Phi) is 3.93. The van der Waals surface area contributed by atoms with Crippen LogP contribution in [0.15, 0.2) is 0 Å². The second kappa shape index (κ2) is 4.78. The first-order valence-electron chi connectivity index (χ1n) is 5.49. The molecule has 0 aromatic carbocycles. The van der Waals surface area contributed by atoms with E-state index in [0.29, 0.717) is 6.04 Å². The predicted octanol–water partition coefficient (Wildman–Crippen LogP) is 1.60. The summed E-state index contributed by atoms with van der Waals surface area (Å²) in [5, 5.41) is 12.4. The molecule has 0 spiro atoms. The predicted molar refractivity (Wildman–Crippen MR) is 55.9 cm³/mol. The van der Waals surface area contributed by atoms with Gasteiger partial charge < -0.3 is 10.4 Å². The smallest absolute Gasteiger partial charge is 0.223 e. The van der Waals surface area contributed by atoms with E-state index in [1.807, 2.05) is 0 Å². The molecule has 1 amide bonds. The molecule has 0 aromatic heterocycles. The minimum atomic E-state index is -0.890. The number of carbonyl (C=O) groups is 1. The van der Waals surface area contributed by atoms with Crippen molar-refractivity contribution in [3.63, 3.8) is 0 Å². The van der Waals surface area contributed by atoms with Crippen LogP contribution in [0.25, 0.3) is 0 Å². The van der Waals surface area contributed by atoms with Crippen LogP contribution < -0.4 is 5.32 Å². The Morgan fingerprint density at radius 3 is 2.43 bits per heavy atom. The van der Waals surface area contributed by atoms with E-state index in [1.165, 1.54) is 19.3 Å². The van der Waals surface area contributed by atoms with Gasteiger partial charge in [0.15, 0.2) is 0 Å². The lowest BCUT2D eigenvalue weighted by molar-refractivity contribution is -0.125. The van der Waals surface area contributed by atoms with Gasteiger partial charge in [0, 0.05) is 6.04 Å². The lowest BCUT2D eigenvalue weighted by Crippen LogP contribution is -2.39. The van der Waals surface area contributed by atoms with Crippen molar-refractivity contribution in [2.24, 2.45) is 0 Å². The maximum Gasteiger partial charge on any atom is 0.223 e. The fraction of sp³-hybridized carbons (Fsp3) is 0.909. The topological polar surface area (TPSA) is 49.3 Å². The highest BCUT2D eigenvalue weighted by molar-refractivity contribution is 5.77. The van der Waals surface area contributed by atoms with Crippen LogP contribution >= 0.6 is 0 Å². The van der Waals surface area contributed by atoms with Crippen molar-refractivity contribution in [3.05, 3.63) is 0 Å². The highest BCUT2D eigenvalue weighted by atomic mass is 16.3. The zero-order valence-corrected chi connectivity index (χ0v) is 9.18. The molecule has 3 heteroatoms. The van der Waals surface area contributed by atoms with Gasteiger partial charge in [-0.15, -0.1) is 0 Å². The van der Waals surface area contributed by atoms with Crippen molar-refractivity contribution >= 4 is 5.91 Å². The van der Waals surface area contributed by atoms with E-state index in [2.05, 4.69) is 5.32 Å². The van der Waals surface area contributed by atoms with Crippen molar-refractivity contribution in [3.8, 4) is 0 Å². The Hall–Kier alpha value is -0.570. The zero-order valence-electron chi connectivity index (χ0n) is 9.18. The largest absolute Gasteiger partial charge is 0.390 e. The van der Waals surface area contributed by atoms with Crippen molar-refractivity contribution in [1.82, 2.24) is 5.32 Å². The first-order chi connectivity index (χ1) is 6.47. The summed E-state index contributed by atoms with van der Waals surface area (Å²) in [7, 11) is 0. The van der Waals surface area contributed by atoms with Crippen molar-refractivity contribution < 1.29 is 9.90 Å². The molecule has 0 unspecified atom stereocenters. The molecule has 2 N–H and O–H groups in total. The van der Waals surface area contributed by atoms with Crippen LogP contribution in [0.3, 0.4) is 0 Å². The van der Waals surface area contributed by atoms with Crippen molar-refractivity contribution in [2.45, 2.75) is 64.0 Å². The van der Waals surface area contributed by atoms with Crippen LogP contribution in [0.1, 0.15) is 52.4 Å². The van der Waals surface area contributed by atoms with E-state index in [0.717, 1.165) is 12.8 Å². The molecule has 3 nitrogen and oxygen atoms in total. The van der Waals surface area contributed by atoms with Gasteiger partial charge in [-0.2, -0.15) is 0 Å². The summed E-state index contributed by atoms with van der Waals surface area (Å²) >= 11 is 0. The van der Waals surface area contributed by atoms with Gasteiger partial charge in [0.1, 0.15) is 0 Å². The Morgan fingerprint density at radius 2 is 1.93 bits per heavy atom. The van der Waals surface area contributed by atoms with Crippen LogP contribution in [0.5, 0.6) is 0 Å². The molecular formula is C11H21NO2. The molecule has 0 radical (unpaired) electrons. The lowest BCUT2D eigenvalue weighted by Gasteiger charge is -2.24. The molecule has 82 valence electrons. The van der Waals surface area contributed by atoms with Gasteiger partial charge in [-0.25, -0.2) is 0 Å². The van der Waals surface area contributed by atoms with Gasteiger partial charge in [-0.3, -0.25) is 4.79 Å². The third-order valence-electron chi connectivity index (χ3n) is 2.56. The molecule has 0 aliphatic heterocycles. The second-order valence-corrected chi connectivity index (χ2v) is 4.89. The average molecular weight is 199 g/mol. The summed E-state index contributed by atoms with van der Waals surface area (Å²) < 4.78 is 0. The summed E-state index contributed by atoms with van der Waals surface area (Å²) in [6.07, 6.45) is 6.11. The maximum atomic E-state index is 11.5. The molecule has 0 bridgehead atoms. The fourth-order valence-electron chi connectivity index (χ4n) is 1.92. The normalized spacial score (nSPS) is 19.4. The average Bonchev–Trinajstić information content (AvgIpc) is 2.02. The van der Waals surface area contributed by atoms with E-state index in [1.54, 1.807) is 13.8 Å². The minimum absolute atomic E-state index is 0.0237. The number of amides is 1. The number of carbonyl (C=O) groups excluding carboxylic acids is 1. The van der Waals surface area contributed by atoms with Gasteiger partial charge in [-0.05, 0) is 26.7 Å². The first kappa shape index (κ1) is 11.5. The number of hydrogen-bond acceptors (Lipinski definition) is 2. The Bertz CT molecular complexity index is 190. The van der Waals surface area contributed by atoms with Crippen molar-refractivity contribution in [1.29, 1.82) is 0 Å². The molecule has 1 fully saturated rings. The Morgan fingerprint density at radius 1 is 1.36 bits per heavy atom. The highest BCUT2D eigenvalue weighted by Gasteiger charge is 2.21. The number of hydrogen-bond donors (Lipinski definition) is 2. The van der Waals surface area contributed by atoms with E-state index < -0.39 is 5.60 Å². The second-order valence-electron chi connectivity index (χ2n) is 4.89. The molecule has 0 aromatic rings. The summed E-state index contributed by atoms with van der Waals surface area (Å²) in [4.78, 5) is 11.5. The van der Waals surface area contributed by atoms with Crippen LogP contribution in [0.2, 0.25) is 0 Å². The Balaban J connectivity index is 2.25.